The van der Waals surface area contributed by atoms with Gasteiger partial charge >= 0.3 is 0 Å². The first-order valence-corrected chi connectivity index (χ1v) is 9.39. The Kier molecular flexibility index (Phi) is 5.59. The minimum Gasteiger partial charge on any atom is -0.490 e. The van der Waals surface area contributed by atoms with E-state index in [0.29, 0.717) is 17.7 Å². The van der Waals surface area contributed by atoms with Crippen molar-refractivity contribution in [2.24, 2.45) is 23.5 Å². The number of benzene rings is 1. The lowest BCUT2D eigenvalue weighted by Crippen LogP contribution is -2.50. The number of rotatable bonds is 3. The molecule has 3 fully saturated rings. The van der Waals surface area contributed by atoms with Crippen molar-refractivity contribution < 1.29 is 9.53 Å². The van der Waals surface area contributed by atoms with Crippen LogP contribution >= 0.6 is 12.4 Å². The van der Waals surface area contributed by atoms with Crippen molar-refractivity contribution >= 4 is 18.3 Å². The molecule has 0 unspecified atom stereocenters. The molecule has 5 heteroatoms. The van der Waals surface area contributed by atoms with Crippen molar-refractivity contribution in [1.29, 1.82) is 0 Å². The molecule has 1 aromatic carbocycles. The molecule has 4 nitrogen and oxygen atoms in total. The SMILES string of the molecule is Cc1ccc(OC2CCN(C(=O)[C@@H]3[C@@H]4CC[C@@H](C4)[C@@H]3N)CC2)cc1.Cl. The summed E-state index contributed by atoms with van der Waals surface area (Å²) in [6.07, 6.45) is 5.63. The summed E-state index contributed by atoms with van der Waals surface area (Å²) in [5.74, 6) is 2.45. The molecule has 2 N–H and O–H groups in total. The summed E-state index contributed by atoms with van der Waals surface area (Å²) in [5, 5.41) is 0. The fourth-order valence-electron chi connectivity index (χ4n) is 4.92. The van der Waals surface area contributed by atoms with Crippen molar-refractivity contribution in [3.63, 3.8) is 0 Å². The normalized spacial score (nSPS) is 31.7. The number of hydrogen-bond donors (Lipinski definition) is 1. The van der Waals surface area contributed by atoms with Crippen LogP contribution in [0.5, 0.6) is 5.75 Å². The van der Waals surface area contributed by atoms with Crippen LogP contribution in [0.25, 0.3) is 0 Å². The molecule has 3 aliphatic rings. The van der Waals surface area contributed by atoms with Crippen LogP contribution in [0.2, 0.25) is 0 Å². The number of halogens is 1. The predicted molar refractivity (Wildman–Crippen MR) is 101 cm³/mol. The van der Waals surface area contributed by atoms with Gasteiger partial charge in [0.2, 0.25) is 5.91 Å². The Morgan fingerprint density at radius 3 is 2.32 bits per heavy atom. The summed E-state index contributed by atoms with van der Waals surface area (Å²) in [6, 6.07) is 8.30. The molecule has 0 aromatic heterocycles. The first-order valence-electron chi connectivity index (χ1n) is 9.39. The quantitative estimate of drug-likeness (QED) is 0.896. The first-order chi connectivity index (χ1) is 11.6. The van der Waals surface area contributed by atoms with Crippen LogP contribution in [0.3, 0.4) is 0 Å². The summed E-state index contributed by atoms with van der Waals surface area (Å²) in [4.78, 5) is 15.0. The molecular formula is C20H29ClN2O2. The van der Waals surface area contributed by atoms with E-state index in [2.05, 4.69) is 19.1 Å². The summed E-state index contributed by atoms with van der Waals surface area (Å²) >= 11 is 0. The Labute approximate surface area is 156 Å². The van der Waals surface area contributed by atoms with Crippen molar-refractivity contribution in [2.45, 2.75) is 51.2 Å². The Morgan fingerprint density at radius 1 is 1.08 bits per heavy atom. The molecule has 1 aromatic rings. The van der Waals surface area contributed by atoms with Crippen molar-refractivity contribution in [2.75, 3.05) is 13.1 Å². The van der Waals surface area contributed by atoms with E-state index < -0.39 is 0 Å². The Balaban J connectivity index is 0.00000182. The zero-order chi connectivity index (χ0) is 16.7. The largest absolute Gasteiger partial charge is 0.490 e. The van der Waals surface area contributed by atoms with Gasteiger partial charge in [-0.2, -0.15) is 0 Å². The third-order valence-corrected chi connectivity index (χ3v) is 6.34. The topological polar surface area (TPSA) is 55.6 Å². The molecule has 0 radical (unpaired) electrons. The smallest absolute Gasteiger partial charge is 0.227 e. The van der Waals surface area contributed by atoms with E-state index in [4.69, 9.17) is 10.5 Å². The highest BCUT2D eigenvalue weighted by molar-refractivity contribution is 5.85. The lowest BCUT2D eigenvalue weighted by Gasteiger charge is -2.37. The molecule has 1 heterocycles. The monoisotopic (exact) mass is 364 g/mol. The second-order valence-corrected chi connectivity index (χ2v) is 7.89. The number of nitrogens with zero attached hydrogens (tertiary/aromatic N) is 1. The number of hydrogen-bond acceptors (Lipinski definition) is 3. The van der Waals surface area contributed by atoms with Crippen LogP contribution in [0.15, 0.2) is 24.3 Å². The average Bonchev–Trinajstić information content (AvgIpc) is 3.18. The lowest BCUT2D eigenvalue weighted by atomic mass is 9.83. The van der Waals surface area contributed by atoms with Gasteiger partial charge < -0.3 is 15.4 Å². The highest BCUT2D eigenvalue weighted by Gasteiger charge is 2.50. The Morgan fingerprint density at radius 2 is 1.72 bits per heavy atom. The number of likely N-dealkylation sites (tertiary alicyclic amines) is 1. The number of ether oxygens (including phenoxy) is 1. The summed E-state index contributed by atoms with van der Waals surface area (Å²) in [7, 11) is 0. The maximum Gasteiger partial charge on any atom is 0.227 e. The zero-order valence-electron chi connectivity index (χ0n) is 14.9. The van der Waals surface area contributed by atoms with Gasteiger partial charge in [0.25, 0.3) is 0 Å². The molecule has 1 amide bonds. The molecule has 0 spiro atoms. The third-order valence-electron chi connectivity index (χ3n) is 6.34. The summed E-state index contributed by atoms with van der Waals surface area (Å²) in [6.45, 7) is 3.68. The Bertz CT molecular complexity index is 596. The van der Waals surface area contributed by atoms with Gasteiger partial charge in [-0.25, -0.2) is 0 Å². The molecule has 25 heavy (non-hydrogen) atoms. The van der Waals surface area contributed by atoms with Gasteiger partial charge in [-0.1, -0.05) is 17.7 Å². The first kappa shape index (κ1) is 18.5. The van der Waals surface area contributed by atoms with Crippen LogP contribution in [0.4, 0.5) is 0 Å². The van der Waals surface area contributed by atoms with Crippen LogP contribution in [-0.2, 0) is 4.79 Å². The van der Waals surface area contributed by atoms with Gasteiger partial charge in [-0.05, 0) is 50.2 Å². The second kappa shape index (κ2) is 7.55. The van der Waals surface area contributed by atoms with Gasteiger partial charge in [0.15, 0.2) is 0 Å². The van der Waals surface area contributed by atoms with Gasteiger partial charge in [0.05, 0.1) is 5.92 Å². The number of aryl methyl sites for hydroxylation is 1. The van der Waals surface area contributed by atoms with Gasteiger partial charge in [-0.15, -0.1) is 12.4 Å². The maximum absolute atomic E-state index is 12.9. The highest BCUT2D eigenvalue weighted by Crippen LogP contribution is 2.48. The van der Waals surface area contributed by atoms with Crippen LogP contribution in [0.1, 0.15) is 37.7 Å². The van der Waals surface area contributed by atoms with E-state index in [1.807, 2.05) is 17.0 Å². The van der Waals surface area contributed by atoms with E-state index >= 15 is 0 Å². The molecule has 2 saturated carbocycles. The van der Waals surface area contributed by atoms with E-state index in [1.54, 1.807) is 0 Å². The Hall–Kier alpha value is -1.26. The highest BCUT2D eigenvalue weighted by atomic mass is 35.5. The standard InChI is InChI=1S/C20H28N2O2.ClH/c1-13-2-6-16(7-3-13)24-17-8-10-22(11-9-17)20(23)18-14-4-5-15(12-14)19(18)21;/h2-3,6-7,14-15,17-19H,4-5,8-12,21H2,1H3;1H/t14-,15+,18-,19+;/m1./s1. The number of fused-ring (bicyclic) bond motifs is 2. The molecule has 1 saturated heterocycles. The fraction of sp³-hybridized carbons (Fsp3) is 0.650. The zero-order valence-corrected chi connectivity index (χ0v) is 15.7. The van der Waals surface area contributed by atoms with Gasteiger partial charge in [-0.3, -0.25) is 4.79 Å². The molecule has 138 valence electrons. The molecule has 2 aliphatic carbocycles. The molecule has 4 atom stereocenters. The number of carbonyl (C=O) groups excluding carboxylic acids is 1. The number of amides is 1. The van der Waals surface area contributed by atoms with E-state index in [0.717, 1.165) is 31.7 Å². The van der Waals surface area contributed by atoms with Gasteiger partial charge in [0.1, 0.15) is 11.9 Å². The predicted octanol–water partition coefficient (Wildman–Crippen LogP) is 3.16. The number of carbonyl (C=O) groups is 1. The van der Waals surface area contributed by atoms with Crippen molar-refractivity contribution in [3.8, 4) is 5.75 Å². The van der Waals surface area contributed by atoms with Gasteiger partial charge in [0, 0.05) is 32.0 Å². The van der Waals surface area contributed by atoms with Crippen molar-refractivity contribution in [1.82, 2.24) is 4.90 Å². The van der Waals surface area contributed by atoms with E-state index in [9.17, 15) is 4.79 Å². The van der Waals surface area contributed by atoms with Crippen LogP contribution in [-0.4, -0.2) is 36.0 Å². The second-order valence-electron chi connectivity index (χ2n) is 7.89. The molecule has 2 bridgehead atoms. The fourth-order valence-corrected chi connectivity index (χ4v) is 4.92. The molecule has 4 rings (SSSR count). The van der Waals surface area contributed by atoms with Crippen LogP contribution in [0, 0.1) is 24.7 Å². The number of nitrogens with two attached hydrogens (primary N) is 1. The number of piperidine rings is 1. The minimum absolute atomic E-state index is 0. The minimum atomic E-state index is 0. The van der Waals surface area contributed by atoms with E-state index in [1.165, 1.54) is 24.8 Å². The van der Waals surface area contributed by atoms with E-state index in [-0.39, 0.29) is 30.5 Å². The maximum atomic E-state index is 12.9. The van der Waals surface area contributed by atoms with Crippen molar-refractivity contribution in [3.05, 3.63) is 29.8 Å². The average molecular weight is 365 g/mol. The lowest BCUT2D eigenvalue weighted by molar-refractivity contribution is -0.139. The summed E-state index contributed by atoms with van der Waals surface area (Å²) in [5.41, 5.74) is 7.58. The van der Waals surface area contributed by atoms with Crippen LogP contribution < -0.4 is 10.5 Å². The summed E-state index contributed by atoms with van der Waals surface area (Å²) < 4.78 is 6.07. The molecule has 1 aliphatic heterocycles. The molecular weight excluding hydrogens is 336 g/mol. The third kappa shape index (κ3) is 3.65.